The third-order valence-electron chi connectivity index (χ3n) is 3.73. The van der Waals surface area contributed by atoms with Crippen LogP contribution in [0.5, 0.6) is 5.75 Å². The van der Waals surface area contributed by atoms with Crippen LogP contribution in [-0.2, 0) is 11.3 Å². The van der Waals surface area contributed by atoms with Crippen LogP contribution < -0.4 is 10.2 Å². The van der Waals surface area contributed by atoms with E-state index < -0.39 is 0 Å². The van der Waals surface area contributed by atoms with Gasteiger partial charge in [0.15, 0.2) is 0 Å². The molecule has 0 radical (unpaired) electrons. The molecule has 0 spiro atoms. The van der Waals surface area contributed by atoms with Gasteiger partial charge in [0.2, 0.25) is 5.91 Å². The number of anilines is 2. The number of benzene rings is 2. The summed E-state index contributed by atoms with van der Waals surface area (Å²) in [5.74, 6) is 0.495. The normalized spacial score (nSPS) is 14.5. The van der Waals surface area contributed by atoms with E-state index >= 15 is 0 Å². The van der Waals surface area contributed by atoms with Crippen molar-refractivity contribution in [3.63, 3.8) is 0 Å². The number of nitrogens with one attached hydrogen (secondary N) is 1. The van der Waals surface area contributed by atoms with Crippen molar-refractivity contribution in [3.8, 4) is 5.75 Å². The van der Waals surface area contributed by atoms with E-state index in [4.69, 9.17) is 0 Å². The topological polar surface area (TPSA) is 52.6 Å². The first-order valence-electron chi connectivity index (χ1n) is 7.15. The van der Waals surface area contributed by atoms with Gasteiger partial charge in [-0.1, -0.05) is 18.2 Å². The van der Waals surface area contributed by atoms with Gasteiger partial charge in [0.25, 0.3) is 0 Å². The van der Waals surface area contributed by atoms with E-state index in [1.54, 1.807) is 12.1 Å². The number of hydrogen-bond acceptors (Lipinski definition) is 3. The van der Waals surface area contributed by atoms with Crippen molar-refractivity contribution in [2.24, 2.45) is 0 Å². The zero-order valence-corrected chi connectivity index (χ0v) is 11.7. The van der Waals surface area contributed by atoms with Crippen LogP contribution in [-0.4, -0.2) is 17.6 Å². The molecule has 1 amide bonds. The van der Waals surface area contributed by atoms with Gasteiger partial charge in [0.05, 0.1) is 0 Å². The summed E-state index contributed by atoms with van der Waals surface area (Å²) in [6, 6.07) is 15.1. The minimum Gasteiger partial charge on any atom is -0.508 e. The van der Waals surface area contributed by atoms with Gasteiger partial charge in [-0.2, -0.15) is 0 Å². The third-order valence-corrected chi connectivity index (χ3v) is 3.73. The van der Waals surface area contributed by atoms with Crippen LogP contribution in [0.3, 0.4) is 0 Å². The molecule has 1 aliphatic heterocycles. The summed E-state index contributed by atoms with van der Waals surface area (Å²) in [6.07, 6.45) is 1.58. The minimum atomic E-state index is 0.199. The highest BCUT2D eigenvalue weighted by molar-refractivity contribution is 5.95. The molecule has 0 aliphatic carbocycles. The van der Waals surface area contributed by atoms with E-state index in [0.717, 1.165) is 29.9 Å². The molecule has 1 aliphatic rings. The minimum absolute atomic E-state index is 0.199. The first kappa shape index (κ1) is 13.5. The maximum atomic E-state index is 11.7. The summed E-state index contributed by atoms with van der Waals surface area (Å²) in [5.41, 5.74) is 2.77. The fourth-order valence-electron chi connectivity index (χ4n) is 2.54. The highest BCUT2D eigenvalue weighted by Crippen LogP contribution is 2.24. The quantitative estimate of drug-likeness (QED) is 0.906. The summed E-state index contributed by atoms with van der Waals surface area (Å²) in [4.78, 5) is 13.5. The number of hydrogen-bond donors (Lipinski definition) is 2. The Balaban J connectivity index is 1.65. The summed E-state index contributed by atoms with van der Waals surface area (Å²) in [5, 5.41) is 13.0. The van der Waals surface area contributed by atoms with E-state index in [1.165, 1.54) is 0 Å². The lowest BCUT2D eigenvalue weighted by atomic mass is 10.2. The molecule has 4 nitrogen and oxygen atoms in total. The van der Waals surface area contributed by atoms with Crippen LogP contribution in [0.15, 0.2) is 48.5 Å². The van der Waals surface area contributed by atoms with Gasteiger partial charge >= 0.3 is 0 Å². The lowest BCUT2D eigenvalue weighted by Crippen LogP contribution is -2.23. The predicted octanol–water partition coefficient (Wildman–Crippen LogP) is 3.13. The maximum absolute atomic E-state index is 11.7. The number of rotatable bonds is 4. The average molecular weight is 282 g/mol. The van der Waals surface area contributed by atoms with Crippen molar-refractivity contribution >= 4 is 17.3 Å². The van der Waals surface area contributed by atoms with Crippen LogP contribution in [0.25, 0.3) is 0 Å². The monoisotopic (exact) mass is 282 g/mol. The Hall–Kier alpha value is -2.49. The number of aromatic hydroxyl groups is 1. The molecule has 0 bridgehead atoms. The number of para-hydroxylation sites is 1. The van der Waals surface area contributed by atoms with Gasteiger partial charge in [-0.15, -0.1) is 0 Å². The number of amides is 1. The molecular weight excluding hydrogens is 264 g/mol. The van der Waals surface area contributed by atoms with Gasteiger partial charge in [0.1, 0.15) is 5.75 Å². The van der Waals surface area contributed by atoms with Gasteiger partial charge in [-0.3, -0.25) is 4.79 Å². The third kappa shape index (κ3) is 2.99. The second-order valence-electron chi connectivity index (χ2n) is 5.18. The van der Waals surface area contributed by atoms with Crippen molar-refractivity contribution in [3.05, 3.63) is 54.1 Å². The molecule has 1 heterocycles. The molecular formula is C17H18N2O2. The van der Waals surface area contributed by atoms with Gasteiger partial charge < -0.3 is 15.3 Å². The molecule has 1 saturated heterocycles. The van der Waals surface area contributed by atoms with Crippen molar-refractivity contribution in [1.82, 2.24) is 0 Å². The SMILES string of the molecule is O=C1CCCN1c1ccc(NCc2ccccc2O)cc1. The molecule has 3 rings (SSSR count). The van der Waals surface area contributed by atoms with Crippen molar-refractivity contribution in [1.29, 1.82) is 0 Å². The van der Waals surface area contributed by atoms with Gasteiger partial charge in [0, 0.05) is 36.4 Å². The first-order chi connectivity index (χ1) is 10.2. The maximum Gasteiger partial charge on any atom is 0.227 e. The van der Waals surface area contributed by atoms with Crippen molar-refractivity contribution < 1.29 is 9.90 Å². The molecule has 4 heteroatoms. The van der Waals surface area contributed by atoms with Gasteiger partial charge in [-0.25, -0.2) is 0 Å². The number of carbonyl (C=O) groups excluding carboxylic acids is 1. The highest BCUT2D eigenvalue weighted by atomic mass is 16.3. The zero-order chi connectivity index (χ0) is 14.7. The van der Waals surface area contributed by atoms with Crippen molar-refractivity contribution in [2.75, 3.05) is 16.8 Å². The van der Waals surface area contributed by atoms with Gasteiger partial charge in [-0.05, 0) is 36.8 Å². The summed E-state index contributed by atoms with van der Waals surface area (Å²) >= 11 is 0. The van der Waals surface area contributed by atoms with E-state index in [2.05, 4.69) is 5.32 Å². The van der Waals surface area contributed by atoms with Crippen LogP contribution in [0.2, 0.25) is 0 Å². The van der Waals surface area contributed by atoms with Crippen LogP contribution in [0, 0.1) is 0 Å². The zero-order valence-electron chi connectivity index (χ0n) is 11.7. The Labute approximate surface area is 124 Å². The molecule has 21 heavy (non-hydrogen) atoms. The number of nitrogens with zero attached hydrogens (tertiary/aromatic N) is 1. The Morgan fingerprint density at radius 1 is 1.10 bits per heavy atom. The first-order valence-corrected chi connectivity index (χ1v) is 7.15. The van der Waals surface area contributed by atoms with E-state index in [1.807, 2.05) is 41.3 Å². The number of phenolic OH excluding ortho intramolecular Hbond substituents is 1. The smallest absolute Gasteiger partial charge is 0.227 e. The summed E-state index contributed by atoms with van der Waals surface area (Å²) in [6.45, 7) is 1.37. The fraction of sp³-hybridized carbons (Fsp3) is 0.235. The van der Waals surface area contributed by atoms with Crippen LogP contribution >= 0.6 is 0 Å². The molecule has 108 valence electrons. The molecule has 0 atom stereocenters. The van der Waals surface area contributed by atoms with E-state index in [9.17, 15) is 9.90 Å². The Kier molecular flexibility index (Phi) is 3.77. The fourth-order valence-corrected chi connectivity index (χ4v) is 2.54. The molecule has 2 aromatic rings. The van der Waals surface area contributed by atoms with Crippen molar-refractivity contribution in [2.45, 2.75) is 19.4 Å². The Bertz CT molecular complexity index is 637. The average Bonchev–Trinajstić information content (AvgIpc) is 2.93. The standard InChI is InChI=1S/C17H18N2O2/c20-16-5-2-1-4-13(16)12-18-14-7-9-15(10-8-14)19-11-3-6-17(19)21/h1-2,4-5,7-10,18,20H,3,6,11-12H2. The highest BCUT2D eigenvalue weighted by Gasteiger charge is 2.21. The molecule has 2 N–H and O–H groups in total. The molecule has 0 aromatic heterocycles. The lowest BCUT2D eigenvalue weighted by molar-refractivity contribution is -0.117. The molecule has 2 aromatic carbocycles. The largest absolute Gasteiger partial charge is 0.508 e. The van der Waals surface area contributed by atoms with Crippen LogP contribution in [0.1, 0.15) is 18.4 Å². The molecule has 0 saturated carbocycles. The second kappa shape index (κ2) is 5.87. The Morgan fingerprint density at radius 3 is 2.52 bits per heavy atom. The van der Waals surface area contributed by atoms with E-state index in [-0.39, 0.29) is 5.91 Å². The Morgan fingerprint density at radius 2 is 1.86 bits per heavy atom. The van der Waals surface area contributed by atoms with E-state index in [0.29, 0.717) is 18.7 Å². The second-order valence-corrected chi connectivity index (χ2v) is 5.18. The predicted molar refractivity (Wildman–Crippen MR) is 83.5 cm³/mol. The lowest BCUT2D eigenvalue weighted by Gasteiger charge is -2.16. The number of phenols is 1. The van der Waals surface area contributed by atoms with Crippen LogP contribution in [0.4, 0.5) is 11.4 Å². The molecule has 0 unspecified atom stereocenters. The summed E-state index contributed by atoms with van der Waals surface area (Å²) < 4.78 is 0. The molecule has 1 fully saturated rings. The number of carbonyl (C=O) groups is 1. The summed E-state index contributed by atoms with van der Waals surface area (Å²) in [7, 11) is 0.